The average Bonchev–Trinajstić information content (AvgIpc) is 2.52. The Morgan fingerprint density at radius 3 is 2.43 bits per heavy atom. The highest BCUT2D eigenvalue weighted by molar-refractivity contribution is 8.00. The predicted molar refractivity (Wildman–Crippen MR) is 94.4 cm³/mol. The van der Waals surface area contributed by atoms with Crippen LogP contribution in [0.5, 0.6) is 0 Å². The first-order valence-electron chi connectivity index (χ1n) is 8.11. The summed E-state index contributed by atoms with van der Waals surface area (Å²) in [5.74, 6) is -0.0467. The second kappa shape index (κ2) is 7.39. The van der Waals surface area contributed by atoms with Gasteiger partial charge in [-0.2, -0.15) is 0 Å². The molecule has 0 radical (unpaired) electrons. The van der Waals surface area contributed by atoms with Crippen molar-refractivity contribution in [2.75, 3.05) is 12.3 Å². The Labute approximate surface area is 142 Å². The number of nitrogens with two attached hydrogens (primary N) is 1. The Bertz CT molecular complexity index is 563. The predicted octanol–water partition coefficient (Wildman–Crippen LogP) is 2.94. The summed E-state index contributed by atoms with van der Waals surface area (Å²) in [4.78, 5) is 26.6. The number of piperidine rings is 1. The van der Waals surface area contributed by atoms with E-state index in [0.29, 0.717) is 18.7 Å². The molecule has 1 atom stereocenters. The minimum atomic E-state index is -0.430. The number of hydrogen-bond donors (Lipinski definition) is 1. The van der Waals surface area contributed by atoms with E-state index in [1.807, 2.05) is 0 Å². The van der Waals surface area contributed by atoms with Gasteiger partial charge >= 0.3 is 0 Å². The molecule has 1 saturated heterocycles. The first-order chi connectivity index (χ1) is 10.8. The molecule has 0 aliphatic carbocycles. The van der Waals surface area contributed by atoms with Crippen LogP contribution in [0.15, 0.2) is 29.2 Å². The minimum Gasteiger partial charge on any atom is -0.368 e. The van der Waals surface area contributed by atoms with Crippen molar-refractivity contribution in [3.8, 4) is 0 Å². The van der Waals surface area contributed by atoms with Gasteiger partial charge in [-0.3, -0.25) is 9.59 Å². The van der Waals surface area contributed by atoms with Crippen molar-refractivity contribution in [3.63, 3.8) is 0 Å². The summed E-state index contributed by atoms with van der Waals surface area (Å²) in [7, 11) is 0. The van der Waals surface area contributed by atoms with E-state index in [4.69, 9.17) is 5.73 Å². The van der Waals surface area contributed by atoms with E-state index in [1.165, 1.54) is 17.3 Å². The Morgan fingerprint density at radius 1 is 1.22 bits per heavy atom. The molecule has 5 heteroatoms. The number of hydrogen-bond acceptors (Lipinski definition) is 3. The van der Waals surface area contributed by atoms with Gasteiger partial charge in [-0.05, 0) is 42.4 Å². The van der Waals surface area contributed by atoms with Crippen LogP contribution in [0.25, 0.3) is 0 Å². The molecule has 23 heavy (non-hydrogen) atoms. The molecule has 4 nitrogen and oxygen atoms in total. The fourth-order valence-corrected chi connectivity index (χ4v) is 3.59. The Kier molecular flexibility index (Phi) is 5.74. The summed E-state index contributed by atoms with van der Waals surface area (Å²) in [6.07, 6.45) is 2.59. The van der Waals surface area contributed by atoms with Gasteiger partial charge in [0, 0.05) is 11.4 Å². The van der Waals surface area contributed by atoms with Gasteiger partial charge in [-0.15, -0.1) is 11.8 Å². The van der Waals surface area contributed by atoms with Gasteiger partial charge in [0.2, 0.25) is 11.8 Å². The number of likely N-dealkylation sites (tertiary alicyclic amines) is 1. The van der Waals surface area contributed by atoms with Crippen molar-refractivity contribution in [2.24, 2.45) is 5.73 Å². The molecule has 2 rings (SSSR count). The van der Waals surface area contributed by atoms with Gasteiger partial charge in [0.15, 0.2) is 0 Å². The normalized spacial score (nSPS) is 18.7. The van der Waals surface area contributed by atoms with E-state index >= 15 is 0 Å². The van der Waals surface area contributed by atoms with Gasteiger partial charge in [-0.1, -0.05) is 32.9 Å². The highest BCUT2D eigenvalue weighted by atomic mass is 32.2. The van der Waals surface area contributed by atoms with Crippen LogP contribution in [-0.2, 0) is 15.0 Å². The molecule has 2 amide bonds. The Balaban J connectivity index is 1.94. The van der Waals surface area contributed by atoms with E-state index in [2.05, 4.69) is 45.0 Å². The highest BCUT2D eigenvalue weighted by Crippen LogP contribution is 2.26. The van der Waals surface area contributed by atoms with E-state index in [9.17, 15) is 9.59 Å². The fraction of sp³-hybridized carbons (Fsp3) is 0.556. The zero-order valence-corrected chi connectivity index (χ0v) is 15.0. The van der Waals surface area contributed by atoms with Crippen LogP contribution in [0, 0.1) is 0 Å². The first kappa shape index (κ1) is 17.9. The van der Waals surface area contributed by atoms with Crippen LogP contribution in [-0.4, -0.2) is 35.1 Å². The lowest BCUT2D eigenvalue weighted by atomic mass is 9.87. The van der Waals surface area contributed by atoms with Crippen LogP contribution >= 0.6 is 11.8 Å². The molecule has 0 unspecified atom stereocenters. The maximum absolute atomic E-state index is 12.4. The van der Waals surface area contributed by atoms with Crippen molar-refractivity contribution in [1.29, 1.82) is 0 Å². The van der Waals surface area contributed by atoms with Gasteiger partial charge in [-0.25, -0.2) is 0 Å². The van der Waals surface area contributed by atoms with Gasteiger partial charge in [0.05, 0.1) is 5.75 Å². The van der Waals surface area contributed by atoms with Gasteiger partial charge in [0.1, 0.15) is 6.04 Å². The van der Waals surface area contributed by atoms with Crippen molar-refractivity contribution in [3.05, 3.63) is 29.8 Å². The number of amides is 2. The second-order valence-corrected chi connectivity index (χ2v) is 8.11. The molecule has 1 aliphatic rings. The molecule has 1 aromatic rings. The molecule has 1 heterocycles. The van der Waals surface area contributed by atoms with Crippen molar-refractivity contribution in [2.45, 2.75) is 56.4 Å². The third-order valence-electron chi connectivity index (χ3n) is 4.23. The minimum absolute atomic E-state index is 0.00148. The summed E-state index contributed by atoms with van der Waals surface area (Å²) in [5, 5.41) is 0. The second-order valence-electron chi connectivity index (χ2n) is 7.06. The zero-order valence-electron chi connectivity index (χ0n) is 14.2. The summed E-state index contributed by atoms with van der Waals surface area (Å²) in [6, 6.07) is 7.90. The molecule has 0 spiro atoms. The number of benzene rings is 1. The smallest absolute Gasteiger partial charge is 0.240 e. The Morgan fingerprint density at radius 2 is 1.87 bits per heavy atom. The number of rotatable bonds is 4. The van der Waals surface area contributed by atoms with Crippen molar-refractivity contribution in [1.82, 2.24) is 4.90 Å². The third-order valence-corrected chi connectivity index (χ3v) is 5.23. The molecule has 0 bridgehead atoms. The van der Waals surface area contributed by atoms with Crippen molar-refractivity contribution >= 4 is 23.6 Å². The third kappa shape index (κ3) is 4.74. The molecule has 1 aromatic carbocycles. The average molecular weight is 334 g/mol. The molecule has 2 N–H and O–H groups in total. The molecule has 126 valence electrons. The molecule has 1 aliphatic heterocycles. The maximum atomic E-state index is 12.4. The topological polar surface area (TPSA) is 63.4 Å². The monoisotopic (exact) mass is 334 g/mol. The zero-order chi connectivity index (χ0) is 17.0. The number of carbonyl (C=O) groups excluding carboxylic acids is 2. The molecule has 0 aromatic heterocycles. The largest absolute Gasteiger partial charge is 0.368 e. The van der Waals surface area contributed by atoms with Crippen LogP contribution in [0.2, 0.25) is 0 Å². The van der Waals surface area contributed by atoms with Crippen molar-refractivity contribution < 1.29 is 9.59 Å². The first-order valence-corrected chi connectivity index (χ1v) is 9.10. The maximum Gasteiger partial charge on any atom is 0.240 e. The molecular formula is C18H26N2O2S. The van der Waals surface area contributed by atoms with Crippen LogP contribution in [0.1, 0.15) is 45.6 Å². The summed E-state index contributed by atoms with van der Waals surface area (Å²) in [5.41, 5.74) is 6.82. The summed E-state index contributed by atoms with van der Waals surface area (Å²) in [6.45, 7) is 7.17. The summed E-state index contributed by atoms with van der Waals surface area (Å²) < 4.78 is 0. The van der Waals surface area contributed by atoms with Crippen LogP contribution < -0.4 is 5.73 Å². The van der Waals surface area contributed by atoms with Crippen LogP contribution in [0.3, 0.4) is 0 Å². The Hall–Kier alpha value is -1.49. The molecule has 0 saturated carbocycles. The number of carbonyl (C=O) groups is 2. The van der Waals surface area contributed by atoms with Crippen LogP contribution in [0.4, 0.5) is 0 Å². The molecule has 1 fully saturated rings. The number of thioether (sulfide) groups is 1. The lowest BCUT2D eigenvalue weighted by Crippen LogP contribution is -2.51. The number of primary amides is 1. The standard InChI is InChI=1S/C18H26N2O2S/c1-18(2,3)13-7-9-14(10-8-13)23-12-16(21)20-11-5-4-6-15(20)17(19)22/h7-10,15H,4-6,11-12H2,1-3H3,(H2,19,22)/t15-/m0/s1. The number of nitrogens with zero attached hydrogens (tertiary/aromatic N) is 1. The lowest BCUT2D eigenvalue weighted by molar-refractivity contribution is -0.138. The summed E-state index contributed by atoms with van der Waals surface area (Å²) >= 11 is 1.51. The highest BCUT2D eigenvalue weighted by Gasteiger charge is 2.30. The fourth-order valence-electron chi connectivity index (χ4n) is 2.81. The van der Waals surface area contributed by atoms with E-state index < -0.39 is 11.9 Å². The van der Waals surface area contributed by atoms with E-state index in [-0.39, 0.29) is 11.3 Å². The van der Waals surface area contributed by atoms with E-state index in [1.54, 1.807) is 4.90 Å². The SMILES string of the molecule is CC(C)(C)c1ccc(SCC(=O)N2CCCC[C@H]2C(N)=O)cc1. The lowest BCUT2D eigenvalue weighted by Gasteiger charge is -2.33. The quantitative estimate of drug-likeness (QED) is 0.861. The van der Waals surface area contributed by atoms with E-state index in [0.717, 1.165) is 17.7 Å². The molecular weight excluding hydrogens is 308 g/mol. The van der Waals surface area contributed by atoms with Gasteiger partial charge < -0.3 is 10.6 Å². The van der Waals surface area contributed by atoms with Gasteiger partial charge in [0.25, 0.3) is 0 Å².